The molecule has 4 rings (SSSR count). The lowest BCUT2D eigenvalue weighted by molar-refractivity contribution is 0.462. The number of phenolic OH excluding ortho intramolecular Hbond substituents is 3. The van der Waals surface area contributed by atoms with Gasteiger partial charge in [-0.15, -0.1) is 0 Å². The van der Waals surface area contributed by atoms with E-state index in [0.29, 0.717) is 11.5 Å². The summed E-state index contributed by atoms with van der Waals surface area (Å²) in [5.41, 5.74) is 6.56. The smallest absolute Gasteiger partial charge is 0.151 e. The van der Waals surface area contributed by atoms with Crippen molar-refractivity contribution in [3.63, 3.8) is 0 Å². The van der Waals surface area contributed by atoms with Crippen LogP contribution in [0, 0.1) is 34.6 Å². The Labute approximate surface area is 200 Å². The molecule has 5 heteroatoms. The molecule has 4 aromatic rings. The van der Waals surface area contributed by atoms with Crippen molar-refractivity contribution < 1.29 is 20.1 Å². The van der Waals surface area contributed by atoms with E-state index in [2.05, 4.69) is 0 Å². The summed E-state index contributed by atoms with van der Waals surface area (Å²) in [4.78, 5) is 2.04. The van der Waals surface area contributed by atoms with Gasteiger partial charge in [-0.25, -0.2) is 0 Å². The van der Waals surface area contributed by atoms with Gasteiger partial charge < -0.3 is 25.0 Å². The quantitative estimate of drug-likeness (QED) is 0.289. The third-order valence-electron chi connectivity index (χ3n) is 6.14. The monoisotopic (exact) mass is 455 g/mol. The molecule has 0 aliphatic heterocycles. The molecule has 0 fully saturated rings. The molecule has 0 saturated heterocycles. The zero-order valence-electron chi connectivity index (χ0n) is 20.0. The predicted octanol–water partition coefficient (Wildman–Crippen LogP) is 7.61. The van der Waals surface area contributed by atoms with Gasteiger partial charge in [-0.05, 0) is 93.8 Å². The van der Waals surface area contributed by atoms with Gasteiger partial charge in [0.2, 0.25) is 0 Å². The van der Waals surface area contributed by atoms with Crippen molar-refractivity contribution in [3.05, 3.63) is 94.5 Å². The molecule has 5 nitrogen and oxygen atoms in total. The van der Waals surface area contributed by atoms with E-state index in [1.807, 2.05) is 75.9 Å². The molecule has 4 aromatic carbocycles. The largest absolute Gasteiger partial charge is 0.508 e. The first kappa shape index (κ1) is 23.1. The van der Waals surface area contributed by atoms with Gasteiger partial charge in [0.05, 0.1) is 17.1 Å². The number of hydrogen-bond donors (Lipinski definition) is 3. The predicted molar refractivity (Wildman–Crippen MR) is 136 cm³/mol. The maximum Gasteiger partial charge on any atom is 0.151 e. The molecule has 34 heavy (non-hydrogen) atoms. The van der Waals surface area contributed by atoms with Crippen LogP contribution in [0.3, 0.4) is 0 Å². The normalized spacial score (nSPS) is 10.9. The molecule has 0 atom stereocenters. The highest BCUT2D eigenvalue weighted by Crippen LogP contribution is 2.48. The van der Waals surface area contributed by atoms with Crippen LogP contribution in [0.5, 0.6) is 28.7 Å². The van der Waals surface area contributed by atoms with Crippen molar-refractivity contribution in [1.82, 2.24) is 0 Å². The molecule has 0 bridgehead atoms. The summed E-state index contributed by atoms with van der Waals surface area (Å²) in [6, 6.07) is 19.8. The average Bonchev–Trinajstić information content (AvgIpc) is 2.80. The molecule has 0 aromatic heterocycles. The summed E-state index contributed by atoms with van der Waals surface area (Å²) in [7, 11) is 0. The lowest BCUT2D eigenvalue weighted by Crippen LogP contribution is -2.16. The Morgan fingerprint density at radius 2 is 1.15 bits per heavy atom. The third-order valence-corrected chi connectivity index (χ3v) is 6.14. The molecule has 0 unspecified atom stereocenters. The van der Waals surface area contributed by atoms with Crippen molar-refractivity contribution in [2.24, 2.45) is 0 Å². The van der Waals surface area contributed by atoms with Crippen LogP contribution in [0.1, 0.15) is 27.8 Å². The Morgan fingerprint density at radius 1 is 0.588 bits per heavy atom. The van der Waals surface area contributed by atoms with E-state index in [4.69, 9.17) is 4.74 Å². The molecule has 0 saturated carbocycles. The first-order valence-corrected chi connectivity index (χ1v) is 11.1. The second-order valence-electron chi connectivity index (χ2n) is 8.61. The lowest BCUT2D eigenvalue weighted by atomic mass is 10.0. The Balaban J connectivity index is 2.01. The topological polar surface area (TPSA) is 73.2 Å². The van der Waals surface area contributed by atoms with Crippen LogP contribution in [0.2, 0.25) is 0 Å². The number of anilines is 3. The number of aryl methyl sites for hydroxylation is 3. The molecule has 0 aliphatic carbocycles. The fourth-order valence-electron chi connectivity index (χ4n) is 4.29. The van der Waals surface area contributed by atoms with Gasteiger partial charge >= 0.3 is 0 Å². The van der Waals surface area contributed by atoms with E-state index in [1.165, 1.54) is 0 Å². The van der Waals surface area contributed by atoms with Crippen LogP contribution < -0.4 is 9.64 Å². The van der Waals surface area contributed by atoms with E-state index in [9.17, 15) is 15.3 Å². The minimum Gasteiger partial charge on any atom is -0.508 e. The minimum absolute atomic E-state index is 0.178. The van der Waals surface area contributed by atoms with E-state index >= 15 is 0 Å². The number of phenols is 3. The molecule has 0 heterocycles. The van der Waals surface area contributed by atoms with Gasteiger partial charge in [0.15, 0.2) is 5.75 Å². The Kier molecular flexibility index (Phi) is 6.12. The number of hydrogen-bond acceptors (Lipinski definition) is 5. The highest BCUT2D eigenvalue weighted by molar-refractivity contribution is 5.87. The van der Waals surface area contributed by atoms with Gasteiger partial charge in [0, 0.05) is 11.1 Å². The van der Waals surface area contributed by atoms with Crippen LogP contribution in [-0.2, 0) is 0 Å². The summed E-state index contributed by atoms with van der Waals surface area (Å²) in [6.07, 6.45) is 0. The zero-order chi connectivity index (χ0) is 24.6. The fraction of sp³-hybridized carbons (Fsp3) is 0.172. The first-order valence-electron chi connectivity index (χ1n) is 11.1. The van der Waals surface area contributed by atoms with E-state index in [1.54, 1.807) is 30.3 Å². The molecule has 0 spiro atoms. The third kappa shape index (κ3) is 4.13. The number of aromatic hydroxyl groups is 3. The second kappa shape index (κ2) is 9.02. The maximum atomic E-state index is 10.6. The van der Waals surface area contributed by atoms with E-state index in [0.717, 1.165) is 44.9 Å². The van der Waals surface area contributed by atoms with Crippen LogP contribution in [0.15, 0.2) is 66.7 Å². The summed E-state index contributed by atoms with van der Waals surface area (Å²) >= 11 is 0. The van der Waals surface area contributed by atoms with Crippen molar-refractivity contribution in [1.29, 1.82) is 0 Å². The number of ether oxygens (including phenoxy) is 1. The number of rotatable bonds is 5. The first-order chi connectivity index (χ1) is 16.2. The number of para-hydroxylation sites is 2. The number of nitrogens with zero attached hydrogens (tertiary/aromatic N) is 1. The minimum atomic E-state index is 0.178. The second-order valence-corrected chi connectivity index (χ2v) is 8.61. The van der Waals surface area contributed by atoms with E-state index in [-0.39, 0.29) is 17.2 Å². The fourth-order valence-corrected chi connectivity index (χ4v) is 4.29. The van der Waals surface area contributed by atoms with Gasteiger partial charge in [-0.1, -0.05) is 24.3 Å². The van der Waals surface area contributed by atoms with Gasteiger partial charge in [0.1, 0.15) is 23.0 Å². The SMILES string of the molecule is Cc1cc(O)ccc1Oc1ccccc1N(c1c(C)ccc(O)c1C)c1c(C)ccc(O)c1C. The molecule has 3 N–H and O–H groups in total. The van der Waals surface area contributed by atoms with Crippen molar-refractivity contribution >= 4 is 17.1 Å². The van der Waals surface area contributed by atoms with Crippen LogP contribution in [-0.4, -0.2) is 15.3 Å². The molecule has 0 amide bonds. The average molecular weight is 456 g/mol. The Hall–Kier alpha value is -4.12. The lowest BCUT2D eigenvalue weighted by Gasteiger charge is -2.32. The van der Waals surface area contributed by atoms with E-state index < -0.39 is 0 Å². The molecular formula is C29H29NO4. The highest BCUT2D eigenvalue weighted by Gasteiger charge is 2.25. The van der Waals surface area contributed by atoms with Crippen LogP contribution in [0.25, 0.3) is 0 Å². The standard InChI is InChI=1S/C29H29NO4/c1-17-10-13-24(32)20(4)28(17)30(29-18(2)11-14-25(33)21(29)5)23-8-6-7-9-27(23)34-26-15-12-22(31)16-19(26)3/h6-16,31-33H,1-5H3. The van der Waals surface area contributed by atoms with Crippen LogP contribution in [0.4, 0.5) is 17.1 Å². The van der Waals surface area contributed by atoms with Crippen molar-refractivity contribution in [2.45, 2.75) is 34.6 Å². The molecule has 174 valence electrons. The summed E-state index contributed by atoms with van der Waals surface area (Å²) < 4.78 is 6.36. The summed E-state index contributed by atoms with van der Waals surface area (Å²) in [5, 5.41) is 31.0. The Morgan fingerprint density at radius 3 is 1.71 bits per heavy atom. The number of benzene rings is 4. The van der Waals surface area contributed by atoms with Gasteiger partial charge in [-0.2, -0.15) is 0 Å². The van der Waals surface area contributed by atoms with Crippen LogP contribution >= 0.6 is 0 Å². The van der Waals surface area contributed by atoms with Gasteiger partial charge in [0.25, 0.3) is 0 Å². The zero-order valence-corrected chi connectivity index (χ0v) is 20.0. The summed E-state index contributed by atoms with van der Waals surface area (Å²) in [5.74, 6) is 1.78. The molecular weight excluding hydrogens is 426 g/mol. The molecule has 0 aliphatic rings. The maximum absolute atomic E-state index is 10.6. The highest BCUT2D eigenvalue weighted by atomic mass is 16.5. The summed E-state index contributed by atoms with van der Waals surface area (Å²) in [6.45, 7) is 9.63. The van der Waals surface area contributed by atoms with Crippen molar-refractivity contribution in [2.75, 3.05) is 4.90 Å². The van der Waals surface area contributed by atoms with Crippen molar-refractivity contribution in [3.8, 4) is 28.7 Å². The molecule has 0 radical (unpaired) electrons. The Bertz CT molecular complexity index is 1320. The van der Waals surface area contributed by atoms with Gasteiger partial charge in [-0.3, -0.25) is 0 Å².